The van der Waals surface area contributed by atoms with Gasteiger partial charge in [0, 0.05) is 26.1 Å². The van der Waals surface area contributed by atoms with Crippen molar-refractivity contribution in [2.75, 3.05) is 19.8 Å². The molecule has 1 amide bonds. The fourth-order valence-electron chi connectivity index (χ4n) is 3.49. The summed E-state index contributed by atoms with van der Waals surface area (Å²) in [6.07, 6.45) is 0.962. The van der Waals surface area contributed by atoms with Crippen LogP contribution in [0.4, 0.5) is 0 Å². The summed E-state index contributed by atoms with van der Waals surface area (Å²) >= 11 is 6.43. The molecule has 4 rings (SSSR count). The van der Waals surface area contributed by atoms with E-state index in [0.717, 1.165) is 18.6 Å². The highest BCUT2D eigenvalue weighted by Crippen LogP contribution is 2.22. The third-order valence-corrected chi connectivity index (χ3v) is 5.61. The van der Waals surface area contributed by atoms with E-state index >= 15 is 0 Å². The standard InChI is InChI=1S/C22H24ClN3O3/c1-26-19(14-29-12-15-6-7-17-4-2-3-5-18(17)10-15)20(23)21(25-26)22(27)24-11-16-8-9-28-13-16/h2-7,10,16H,8-9,11-14H2,1H3,(H,24,27). The number of amides is 1. The zero-order valence-electron chi connectivity index (χ0n) is 16.4. The summed E-state index contributed by atoms with van der Waals surface area (Å²) in [5.74, 6) is 0.0875. The van der Waals surface area contributed by atoms with Crippen LogP contribution in [0.15, 0.2) is 42.5 Å². The quantitative estimate of drug-likeness (QED) is 0.641. The van der Waals surface area contributed by atoms with Gasteiger partial charge in [-0.15, -0.1) is 0 Å². The number of aryl methyl sites for hydroxylation is 1. The predicted octanol–water partition coefficient (Wildman–Crippen LogP) is 3.71. The molecule has 152 valence electrons. The molecule has 0 radical (unpaired) electrons. The summed E-state index contributed by atoms with van der Waals surface area (Å²) in [5, 5.41) is 9.90. The molecule has 2 heterocycles. The van der Waals surface area contributed by atoms with Gasteiger partial charge in [-0.3, -0.25) is 9.48 Å². The van der Waals surface area contributed by atoms with Gasteiger partial charge < -0.3 is 14.8 Å². The van der Waals surface area contributed by atoms with Crippen LogP contribution in [0.1, 0.15) is 28.2 Å². The van der Waals surface area contributed by atoms with E-state index in [-0.39, 0.29) is 18.2 Å². The summed E-state index contributed by atoms with van der Waals surface area (Å²) in [7, 11) is 1.77. The molecule has 0 spiro atoms. The van der Waals surface area contributed by atoms with Crippen LogP contribution in [0.2, 0.25) is 5.02 Å². The van der Waals surface area contributed by atoms with Gasteiger partial charge in [0.15, 0.2) is 5.69 Å². The molecule has 0 saturated carbocycles. The number of ether oxygens (including phenoxy) is 2. The van der Waals surface area contributed by atoms with Crippen molar-refractivity contribution >= 4 is 28.3 Å². The van der Waals surface area contributed by atoms with E-state index in [9.17, 15) is 4.79 Å². The Morgan fingerprint density at radius 1 is 1.28 bits per heavy atom. The Bertz CT molecular complexity index is 1010. The molecule has 3 aromatic rings. The summed E-state index contributed by atoms with van der Waals surface area (Å²) in [4.78, 5) is 12.5. The lowest BCUT2D eigenvalue weighted by Crippen LogP contribution is -2.30. The van der Waals surface area contributed by atoms with E-state index in [1.165, 1.54) is 10.8 Å². The first-order valence-electron chi connectivity index (χ1n) is 9.74. The molecular formula is C22H24ClN3O3. The molecule has 1 unspecified atom stereocenters. The normalized spacial score (nSPS) is 16.4. The van der Waals surface area contributed by atoms with Crippen molar-refractivity contribution in [3.8, 4) is 0 Å². The van der Waals surface area contributed by atoms with E-state index < -0.39 is 0 Å². The van der Waals surface area contributed by atoms with Gasteiger partial charge in [0.1, 0.15) is 0 Å². The molecule has 1 fully saturated rings. The number of halogens is 1. The van der Waals surface area contributed by atoms with E-state index in [1.807, 2.05) is 12.1 Å². The maximum atomic E-state index is 12.5. The van der Waals surface area contributed by atoms with Gasteiger partial charge in [-0.05, 0) is 28.8 Å². The van der Waals surface area contributed by atoms with Gasteiger partial charge in [0.2, 0.25) is 0 Å². The molecule has 0 aliphatic carbocycles. The Kier molecular flexibility index (Phi) is 6.13. The maximum Gasteiger partial charge on any atom is 0.273 e. The Morgan fingerprint density at radius 3 is 2.90 bits per heavy atom. The summed E-state index contributed by atoms with van der Waals surface area (Å²) in [6.45, 7) is 2.74. The van der Waals surface area contributed by atoms with Crippen LogP contribution >= 0.6 is 11.6 Å². The van der Waals surface area contributed by atoms with E-state index in [0.29, 0.717) is 36.4 Å². The SMILES string of the molecule is Cn1nc(C(=O)NCC2CCOC2)c(Cl)c1COCc1ccc2ccccc2c1. The Morgan fingerprint density at radius 2 is 2.10 bits per heavy atom. The van der Waals surface area contributed by atoms with E-state index in [2.05, 4.69) is 40.7 Å². The minimum atomic E-state index is -0.265. The zero-order chi connectivity index (χ0) is 20.2. The number of nitrogens with one attached hydrogen (secondary N) is 1. The number of carbonyl (C=O) groups is 1. The molecule has 1 aromatic heterocycles. The van der Waals surface area contributed by atoms with Crippen molar-refractivity contribution in [2.24, 2.45) is 13.0 Å². The van der Waals surface area contributed by atoms with Gasteiger partial charge in [0.25, 0.3) is 5.91 Å². The number of rotatable bonds is 7. The number of hydrogen-bond acceptors (Lipinski definition) is 4. The fraction of sp³-hybridized carbons (Fsp3) is 0.364. The van der Waals surface area contributed by atoms with Crippen LogP contribution in [-0.2, 0) is 29.7 Å². The van der Waals surface area contributed by atoms with Crippen LogP contribution in [0.3, 0.4) is 0 Å². The van der Waals surface area contributed by atoms with Gasteiger partial charge >= 0.3 is 0 Å². The van der Waals surface area contributed by atoms with Crippen LogP contribution in [0.5, 0.6) is 0 Å². The first-order valence-corrected chi connectivity index (χ1v) is 10.1. The van der Waals surface area contributed by atoms with Crippen LogP contribution in [-0.4, -0.2) is 35.4 Å². The van der Waals surface area contributed by atoms with Gasteiger partial charge in [0.05, 0.1) is 30.5 Å². The maximum absolute atomic E-state index is 12.5. The lowest BCUT2D eigenvalue weighted by molar-refractivity contribution is 0.0939. The molecular weight excluding hydrogens is 390 g/mol. The number of fused-ring (bicyclic) bond motifs is 1. The highest BCUT2D eigenvalue weighted by atomic mass is 35.5. The average molecular weight is 414 g/mol. The largest absolute Gasteiger partial charge is 0.381 e. The zero-order valence-corrected chi connectivity index (χ0v) is 17.1. The van der Waals surface area contributed by atoms with Gasteiger partial charge in [-0.2, -0.15) is 5.10 Å². The fourth-order valence-corrected chi connectivity index (χ4v) is 3.79. The van der Waals surface area contributed by atoms with E-state index in [1.54, 1.807) is 11.7 Å². The molecule has 29 heavy (non-hydrogen) atoms. The van der Waals surface area contributed by atoms with Crippen molar-refractivity contribution in [1.29, 1.82) is 0 Å². The molecule has 0 bridgehead atoms. The molecule has 1 aliphatic rings. The minimum Gasteiger partial charge on any atom is -0.381 e. The number of aromatic nitrogens is 2. The lowest BCUT2D eigenvalue weighted by atomic mass is 10.1. The smallest absolute Gasteiger partial charge is 0.273 e. The lowest BCUT2D eigenvalue weighted by Gasteiger charge is -2.08. The van der Waals surface area contributed by atoms with Gasteiger partial charge in [-0.25, -0.2) is 0 Å². The second-order valence-electron chi connectivity index (χ2n) is 7.35. The van der Waals surface area contributed by atoms with Crippen LogP contribution in [0, 0.1) is 5.92 Å². The van der Waals surface area contributed by atoms with Crippen LogP contribution in [0.25, 0.3) is 10.8 Å². The van der Waals surface area contributed by atoms with Crippen molar-refractivity contribution in [3.63, 3.8) is 0 Å². The van der Waals surface area contributed by atoms with Crippen molar-refractivity contribution in [3.05, 3.63) is 64.4 Å². The first-order chi connectivity index (χ1) is 14.1. The topological polar surface area (TPSA) is 65.4 Å². The number of nitrogens with zero attached hydrogens (tertiary/aromatic N) is 2. The third-order valence-electron chi connectivity index (χ3n) is 5.21. The average Bonchev–Trinajstić information content (AvgIpc) is 3.35. The van der Waals surface area contributed by atoms with E-state index in [4.69, 9.17) is 21.1 Å². The van der Waals surface area contributed by atoms with Crippen molar-refractivity contribution in [2.45, 2.75) is 19.6 Å². The third kappa shape index (κ3) is 4.61. The van der Waals surface area contributed by atoms with Crippen LogP contribution < -0.4 is 5.32 Å². The molecule has 1 atom stereocenters. The highest BCUT2D eigenvalue weighted by molar-refractivity contribution is 6.34. The molecule has 1 saturated heterocycles. The minimum absolute atomic E-state index is 0.234. The summed E-state index contributed by atoms with van der Waals surface area (Å²) in [6, 6.07) is 14.5. The second kappa shape index (κ2) is 8.95. The number of carbonyl (C=O) groups excluding carboxylic acids is 1. The first kappa shape index (κ1) is 19.9. The second-order valence-corrected chi connectivity index (χ2v) is 7.72. The predicted molar refractivity (Wildman–Crippen MR) is 112 cm³/mol. The number of benzene rings is 2. The Labute approximate surface area is 174 Å². The molecule has 6 nitrogen and oxygen atoms in total. The molecule has 7 heteroatoms. The number of hydrogen-bond donors (Lipinski definition) is 1. The highest BCUT2D eigenvalue weighted by Gasteiger charge is 2.22. The van der Waals surface area contributed by atoms with Gasteiger partial charge in [-0.1, -0.05) is 48.0 Å². The monoisotopic (exact) mass is 413 g/mol. The summed E-state index contributed by atoms with van der Waals surface area (Å²) in [5.41, 5.74) is 2.00. The van der Waals surface area contributed by atoms with Crippen molar-refractivity contribution < 1.29 is 14.3 Å². The Balaban J connectivity index is 1.36. The molecule has 1 N–H and O–H groups in total. The summed E-state index contributed by atoms with van der Waals surface area (Å²) < 4.78 is 12.8. The Hall–Kier alpha value is -2.41. The molecule has 2 aromatic carbocycles. The molecule has 1 aliphatic heterocycles. The van der Waals surface area contributed by atoms with Crippen molar-refractivity contribution in [1.82, 2.24) is 15.1 Å².